The zero-order chi connectivity index (χ0) is 17.8. The molecule has 0 aromatic heterocycles. The fourth-order valence-electron chi connectivity index (χ4n) is 1.66. The fourth-order valence-corrected chi connectivity index (χ4v) is 1.66. The Morgan fingerprint density at radius 2 is 1.52 bits per heavy atom. The molecule has 0 saturated carbocycles. The SMILES string of the molecule is COC(=O)c1c(OC)cc([B]OC(C)(C)C(C)(C)O)cc1OC. The Balaban J connectivity index is 3.13. The molecule has 0 atom stereocenters. The molecule has 0 fully saturated rings. The summed E-state index contributed by atoms with van der Waals surface area (Å²) in [4.78, 5) is 11.9. The summed E-state index contributed by atoms with van der Waals surface area (Å²) >= 11 is 0. The van der Waals surface area contributed by atoms with Gasteiger partial charge in [0.2, 0.25) is 0 Å². The minimum atomic E-state index is -1.04. The molecule has 1 rings (SSSR count). The van der Waals surface area contributed by atoms with Gasteiger partial charge in [-0.15, -0.1) is 0 Å². The zero-order valence-electron chi connectivity index (χ0n) is 14.7. The summed E-state index contributed by atoms with van der Waals surface area (Å²) in [6, 6.07) is 3.27. The van der Waals surface area contributed by atoms with Crippen molar-refractivity contribution in [3.8, 4) is 11.5 Å². The van der Waals surface area contributed by atoms with Crippen LogP contribution in [-0.4, -0.2) is 51.1 Å². The van der Waals surface area contributed by atoms with Gasteiger partial charge in [0.25, 0.3) is 0 Å². The molecule has 1 N–H and O–H groups in total. The van der Waals surface area contributed by atoms with Gasteiger partial charge >= 0.3 is 13.5 Å². The van der Waals surface area contributed by atoms with Crippen molar-refractivity contribution < 1.29 is 28.8 Å². The molecule has 1 aromatic rings. The molecule has 0 aliphatic rings. The topological polar surface area (TPSA) is 74.2 Å². The van der Waals surface area contributed by atoms with E-state index in [9.17, 15) is 9.90 Å². The lowest BCUT2D eigenvalue weighted by atomic mass is 9.82. The van der Waals surface area contributed by atoms with Crippen molar-refractivity contribution in [3.63, 3.8) is 0 Å². The van der Waals surface area contributed by atoms with Crippen molar-refractivity contribution in [2.24, 2.45) is 0 Å². The standard InChI is InChI=1S/C16H24BO6/c1-15(2,19)16(3,4)23-17-10-8-11(20-5)13(14(18)22-7)12(9-10)21-6/h8-9,19H,1-7H3. The third-order valence-electron chi connectivity index (χ3n) is 3.88. The second-order valence-corrected chi connectivity index (χ2v) is 6.10. The van der Waals surface area contributed by atoms with E-state index >= 15 is 0 Å². The highest BCUT2D eigenvalue weighted by atomic mass is 16.5. The van der Waals surface area contributed by atoms with Crippen LogP contribution >= 0.6 is 0 Å². The molecule has 0 spiro atoms. The van der Waals surface area contributed by atoms with Crippen LogP contribution in [0.3, 0.4) is 0 Å². The fraction of sp³-hybridized carbons (Fsp3) is 0.562. The monoisotopic (exact) mass is 323 g/mol. The summed E-state index contributed by atoms with van der Waals surface area (Å²) in [5.74, 6) is 0.0715. The van der Waals surface area contributed by atoms with Gasteiger partial charge < -0.3 is 24.0 Å². The Morgan fingerprint density at radius 1 is 1.04 bits per heavy atom. The Bertz CT molecular complexity index is 537. The highest BCUT2D eigenvalue weighted by molar-refractivity contribution is 6.47. The summed E-state index contributed by atoms with van der Waals surface area (Å²) < 4.78 is 20.9. The number of carbonyl (C=O) groups excluding carboxylic acids is 1. The normalized spacial score (nSPS) is 11.8. The first-order valence-corrected chi connectivity index (χ1v) is 7.15. The Hall–Kier alpha value is -1.73. The number of benzene rings is 1. The molecular weight excluding hydrogens is 299 g/mol. The van der Waals surface area contributed by atoms with Gasteiger partial charge in [-0.2, -0.15) is 0 Å². The van der Waals surface area contributed by atoms with Gasteiger partial charge in [0, 0.05) is 0 Å². The van der Waals surface area contributed by atoms with Gasteiger partial charge in [0.15, 0.2) is 0 Å². The average Bonchev–Trinajstić information content (AvgIpc) is 2.49. The summed E-state index contributed by atoms with van der Waals surface area (Å²) in [6.45, 7) is 6.90. The molecule has 127 valence electrons. The lowest BCUT2D eigenvalue weighted by Crippen LogP contribution is -2.49. The second kappa shape index (κ2) is 7.23. The van der Waals surface area contributed by atoms with E-state index in [0.717, 1.165) is 0 Å². The van der Waals surface area contributed by atoms with E-state index in [1.165, 1.54) is 28.8 Å². The molecule has 0 bridgehead atoms. The molecule has 0 aliphatic heterocycles. The Kier molecular flexibility index (Phi) is 6.07. The number of carbonyl (C=O) groups is 1. The predicted molar refractivity (Wildman–Crippen MR) is 87.7 cm³/mol. The summed E-state index contributed by atoms with van der Waals surface area (Å²) in [7, 11) is 5.68. The lowest BCUT2D eigenvalue weighted by Gasteiger charge is -2.37. The largest absolute Gasteiger partial charge is 0.496 e. The number of esters is 1. The Labute approximate surface area is 138 Å². The van der Waals surface area contributed by atoms with Crippen LogP contribution in [0.4, 0.5) is 0 Å². The second-order valence-electron chi connectivity index (χ2n) is 6.10. The minimum Gasteiger partial charge on any atom is -0.496 e. The predicted octanol–water partition coefficient (Wildman–Crippen LogP) is 1.30. The van der Waals surface area contributed by atoms with Crippen LogP contribution in [0.1, 0.15) is 38.1 Å². The zero-order valence-corrected chi connectivity index (χ0v) is 14.7. The van der Waals surface area contributed by atoms with E-state index < -0.39 is 17.2 Å². The van der Waals surface area contributed by atoms with E-state index in [1.54, 1.807) is 39.8 Å². The molecule has 7 heteroatoms. The van der Waals surface area contributed by atoms with Crippen LogP contribution in [0.25, 0.3) is 0 Å². The smallest absolute Gasteiger partial charge is 0.345 e. The molecule has 1 aromatic carbocycles. The van der Waals surface area contributed by atoms with Crippen molar-refractivity contribution >= 4 is 18.9 Å². The van der Waals surface area contributed by atoms with Gasteiger partial charge in [0.1, 0.15) is 17.1 Å². The molecule has 1 radical (unpaired) electrons. The molecule has 0 saturated heterocycles. The molecule has 0 unspecified atom stereocenters. The van der Waals surface area contributed by atoms with E-state index in [2.05, 4.69) is 0 Å². The van der Waals surface area contributed by atoms with E-state index in [0.29, 0.717) is 17.0 Å². The van der Waals surface area contributed by atoms with Crippen LogP contribution in [0.5, 0.6) is 11.5 Å². The van der Waals surface area contributed by atoms with Crippen LogP contribution in [0, 0.1) is 0 Å². The molecule has 23 heavy (non-hydrogen) atoms. The lowest BCUT2D eigenvalue weighted by molar-refractivity contribution is -0.0893. The van der Waals surface area contributed by atoms with Gasteiger partial charge in [-0.1, -0.05) is 0 Å². The first-order chi connectivity index (χ1) is 10.6. The van der Waals surface area contributed by atoms with E-state index in [-0.39, 0.29) is 5.56 Å². The summed E-state index contributed by atoms with van der Waals surface area (Å²) in [6.07, 6.45) is 0. The van der Waals surface area contributed by atoms with Crippen molar-refractivity contribution in [2.75, 3.05) is 21.3 Å². The van der Waals surface area contributed by atoms with Crippen LogP contribution in [0.15, 0.2) is 12.1 Å². The third-order valence-corrected chi connectivity index (χ3v) is 3.88. The minimum absolute atomic E-state index is 0.205. The van der Waals surface area contributed by atoms with Crippen molar-refractivity contribution in [1.29, 1.82) is 0 Å². The first-order valence-electron chi connectivity index (χ1n) is 7.15. The molecule has 6 nitrogen and oxygen atoms in total. The number of ether oxygens (including phenoxy) is 3. The highest BCUT2D eigenvalue weighted by Gasteiger charge is 2.36. The quantitative estimate of drug-likeness (QED) is 0.602. The maximum Gasteiger partial charge on any atom is 0.345 e. The van der Waals surface area contributed by atoms with Gasteiger partial charge in [-0.05, 0) is 45.3 Å². The van der Waals surface area contributed by atoms with Gasteiger partial charge in [-0.3, -0.25) is 0 Å². The number of methoxy groups -OCH3 is 3. The number of hydrogen-bond acceptors (Lipinski definition) is 6. The average molecular weight is 323 g/mol. The highest BCUT2D eigenvalue weighted by Crippen LogP contribution is 2.29. The maximum absolute atomic E-state index is 11.9. The summed E-state index contributed by atoms with van der Waals surface area (Å²) in [5, 5.41) is 10.1. The molecule has 0 amide bonds. The first kappa shape index (κ1) is 19.3. The summed E-state index contributed by atoms with van der Waals surface area (Å²) in [5.41, 5.74) is -1.02. The Morgan fingerprint density at radius 3 is 1.87 bits per heavy atom. The van der Waals surface area contributed by atoms with Crippen molar-refractivity contribution in [3.05, 3.63) is 17.7 Å². The molecular formula is C16H24BO6. The molecule has 0 heterocycles. The van der Waals surface area contributed by atoms with Crippen LogP contribution in [-0.2, 0) is 9.39 Å². The van der Waals surface area contributed by atoms with Crippen molar-refractivity contribution in [2.45, 2.75) is 38.9 Å². The number of aliphatic hydroxyl groups is 1. The van der Waals surface area contributed by atoms with E-state index in [4.69, 9.17) is 18.9 Å². The number of rotatable bonds is 7. The van der Waals surface area contributed by atoms with Crippen LogP contribution in [0.2, 0.25) is 0 Å². The maximum atomic E-state index is 11.9. The van der Waals surface area contributed by atoms with Gasteiger partial charge in [0.05, 0.1) is 32.5 Å². The van der Waals surface area contributed by atoms with E-state index in [1.807, 2.05) is 0 Å². The van der Waals surface area contributed by atoms with Gasteiger partial charge in [-0.25, -0.2) is 4.79 Å². The van der Waals surface area contributed by atoms with Crippen LogP contribution < -0.4 is 14.9 Å². The third kappa shape index (κ3) is 4.39. The molecule has 0 aliphatic carbocycles. The van der Waals surface area contributed by atoms with Crippen molar-refractivity contribution in [1.82, 2.24) is 0 Å². The number of hydrogen-bond donors (Lipinski definition) is 1.